The lowest BCUT2D eigenvalue weighted by molar-refractivity contribution is -0.144. The maximum Gasteiger partial charge on any atom is 0.410 e. The van der Waals surface area contributed by atoms with Crippen molar-refractivity contribution in [3.8, 4) is 0 Å². The molecule has 0 bridgehead atoms. The third kappa shape index (κ3) is 4.46. The first-order valence-corrected chi connectivity index (χ1v) is 4.89. The highest BCUT2D eigenvalue weighted by Gasteiger charge is 2.34. The van der Waals surface area contributed by atoms with Gasteiger partial charge in [-0.15, -0.1) is 0 Å². The number of alkyl halides is 1. The van der Waals surface area contributed by atoms with Crippen LogP contribution in [-0.4, -0.2) is 46.9 Å². The SMILES string of the molecule is CC(F)C(C(=O)O)N(C)C(=O)OC(C)(C)C. The van der Waals surface area contributed by atoms with Crippen LogP contribution in [0.25, 0.3) is 0 Å². The molecule has 0 spiro atoms. The van der Waals surface area contributed by atoms with Crippen molar-refractivity contribution in [3.63, 3.8) is 0 Å². The zero-order valence-electron chi connectivity index (χ0n) is 10.2. The quantitative estimate of drug-likeness (QED) is 0.807. The fraction of sp³-hybridized carbons (Fsp3) is 0.800. The summed E-state index contributed by atoms with van der Waals surface area (Å²) in [6.07, 6.45) is -2.53. The summed E-state index contributed by atoms with van der Waals surface area (Å²) in [5, 5.41) is 8.77. The third-order valence-electron chi connectivity index (χ3n) is 1.79. The molecule has 2 unspecified atom stereocenters. The molecule has 5 nitrogen and oxygen atoms in total. The van der Waals surface area contributed by atoms with Crippen molar-refractivity contribution < 1.29 is 23.8 Å². The number of halogens is 1. The van der Waals surface area contributed by atoms with Crippen LogP contribution in [0.5, 0.6) is 0 Å². The van der Waals surface area contributed by atoms with E-state index in [1.165, 1.54) is 7.05 Å². The molecular weight excluding hydrogens is 217 g/mol. The maximum atomic E-state index is 13.0. The van der Waals surface area contributed by atoms with Gasteiger partial charge in [0.15, 0.2) is 6.04 Å². The second-order valence-corrected chi connectivity index (χ2v) is 4.55. The minimum absolute atomic E-state index is 0.742. The first-order chi connectivity index (χ1) is 7.06. The van der Waals surface area contributed by atoms with Crippen molar-refractivity contribution >= 4 is 12.1 Å². The van der Waals surface area contributed by atoms with Gasteiger partial charge in [-0.1, -0.05) is 0 Å². The Labute approximate surface area is 94.2 Å². The summed E-state index contributed by atoms with van der Waals surface area (Å²) in [7, 11) is 1.20. The van der Waals surface area contributed by atoms with E-state index in [0.717, 1.165) is 11.8 Å². The minimum Gasteiger partial charge on any atom is -0.480 e. The number of hydrogen-bond acceptors (Lipinski definition) is 3. The van der Waals surface area contributed by atoms with Crippen LogP contribution in [0.1, 0.15) is 27.7 Å². The molecule has 2 atom stereocenters. The Morgan fingerprint density at radius 3 is 2.06 bits per heavy atom. The van der Waals surface area contributed by atoms with Gasteiger partial charge in [-0.3, -0.25) is 4.90 Å². The molecule has 1 N–H and O–H groups in total. The average molecular weight is 235 g/mol. The summed E-state index contributed by atoms with van der Waals surface area (Å²) < 4.78 is 18.0. The van der Waals surface area contributed by atoms with Gasteiger partial charge in [0, 0.05) is 7.05 Å². The average Bonchev–Trinajstić information content (AvgIpc) is 1.98. The molecule has 1 amide bonds. The Balaban J connectivity index is 4.69. The lowest BCUT2D eigenvalue weighted by atomic mass is 10.2. The monoisotopic (exact) mass is 235 g/mol. The Bertz CT molecular complexity index is 272. The zero-order chi connectivity index (χ0) is 13.1. The lowest BCUT2D eigenvalue weighted by Gasteiger charge is -2.29. The Hall–Kier alpha value is -1.33. The number of aliphatic carboxylic acids is 1. The fourth-order valence-electron chi connectivity index (χ4n) is 1.12. The second kappa shape index (κ2) is 5.14. The summed E-state index contributed by atoms with van der Waals surface area (Å²) >= 11 is 0. The fourth-order valence-corrected chi connectivity index (χ4v) is 1.12. The number of hydrogen-bond donors (Lipinski definition) is 1. The normalized spacial score (nSPS) is 15.1. The highest BCUT2D eigenvalue weighted by atomic mass is 19.1. The van der Waals surface area contributed by atoms with E-state index in [0.29, 0.717) is 0 Å². The Kier molecular flexibility index (Phi) is 4.71. The Morgan fingerprint density at radius 1 is 1.38 bits per heavy atom. The predicted molar refractivity (Wildman–Crippen MR) is 56.0 cm³/mol. The molecule has 0 rings (SSSR count). The van der Waals surface area contributed by atoms with Crippen LogP contribution >= 0.6 is 0 Å². The lowest BCUT2D eigenvalue weighted by Crippen LogP contribution is -2.49. The molecule has 16 heavy (non-hydrogen) atoms. The van der Waals surface area contributed by atoms with E-state index in [-0.39, 0.29) is 0 Å². The van der Waals surface area contributed by atoms with Gasteiger partial charge in [0.25, 0.3) is 0 Å². The van der Waals surface area contributed by atoms with Crippen LogP contribution in [0.4, 0.5) is 9.18 Å². The number of carbonyl (C=O) groups is 2. The van der Waals surface area contributed by atoms with E-state index in [1.54, 1.807) is 20.8 Å². The summed E-state index contributed by atoms with van der Waals surface area (Å²) in [6, 6.07) is -1.53. The number of nitrogens with zero attached hydrogens (tertiary/aromatic N) is 1. The van der Waals surface area contributed by atoms with Gasteiger partial charge in [0.1, 0.15) is 11.8 Å². The number of rotatable bonds is 3. The summed E-state index contributed by atoms with van der Waals surface area (Å²) in [5.74, 6) is -1.40. The number of ether oxygens (including phenoxy) is 1. The third-order valence-corrected chi connectivity index (χ3v) is 1.79. The van der Waals surface area contributed by atoms with Crippen molar-refractivity contribution in [2.75, 3.05) is 7.05 Å². The van der Waals surface area contributed by atoms with Gasteiger partial charge in [0.05, 0.1) is 0 Å². The van der Waals surface area contributed by atoms with Crippen LogP contribution in [0.15, 0.2) is 0 Å². The molecule has 94 valence electrons. The van der Waals surface area contributed by atoms with Gasteiger partial charge in [0.2, 0.25) is 0 Å². The van der Waals surface area contributed by atoms with Gasteiger partial charge >= 0.3 is 12.1 Å². The summed E-state index contributed by atoms with van der Waals surface area (Å²) in [6.45, 7) is 6.02. The van der Waals surface area contributed by atoms with Gasteiger partial charge in [-0.2, -0.15) is 0 Å². The van der Waals surface area contributed by atoms with Crippen molar-refractivity contribution in [2.24, 2.45) is 0 Å². The van der Waals surface area contributed by atoms with E-state index in [2.05, 4.69) is 0 Å². The molecule has 0 aliphatic rings. The van der Waals surface area contributed by atoms with Crippen LogP contribution in [0.2, 0.25) is 0 Å². The smallest absolute Gasteiger partial charge is 0.410 e. The molecule has 6 heteroatoms. The largest absolute Gasteiger partial charge is 0.480 e. The Morgan fingerprint density at radius 2 is 1.81 bits per heavy atom. The number of carboxylic acid groups (broad SMARTS) is 1. The first kappa shape index (κ1) is 14.7. The number of amides is 1. The number of carbonyl (C=O) groups excluding carboxylic acids is 1. The molecule has 0 aliphatic heterocycles. The summed E-state index contributed by atoms with van der Waals surface area (Å²) in [5.41, 5.74) is -0.742. The molecule has 0 fully saturated rings. The predicted octanol–water partition coefficient (Wildman–Crippen LogP) is 1.66. The summed E-state index contributed by atoms with van der Waals surface area (Å²) in [4.78, 5) is 23.0. The molecule has 0 aromatic heterocycles. The van der Waals surface area contributed by atoms with Crippen molar-refractivity contribution in [2.45, 2.75) is 45.5 Å². The minimum atomic E-state index is -1.67. The second-order valence-electron chi connectivity index (χ2n) is 4.55. The standard InChI is InChI=1S/C10H18FNO4/c1-6(11)7(8(13)14)12(5)9(15)16-10(2,3)4/h6-7H,1-5H3,(H,13,14). The zero-order valence-corrected chi connectivity index (χ0v) is 10.2. The molecule has 0 saturated heterocycles. The molecule has 0 heterocycles. The topological polar surface area (TPSA) is 66.8 Å². The molecule has 0 aromatic rings. The van der Waals surface area contributed by atoms with Crippen molar-refractivity contribution in [1.82, 2.24) is 4.90 Å². The first-order valence-electron chi connectivity index (χ1n) is 4.89. The molecule has 0 aromatic carbocycles. The van der Waals surface area contributed by atoms with Gasteiger partial charge in [-0.25, -0.2) is 14.0 Å². The highest BCUT2D eigenvalue weighted by molar-refractivity contribution is 5.80. The molecule has 0 aliphatic carbocycles. The molecule has 0 saturated carbocycles. The number of carboxylic acids is 1. The van der Waals surface area contributed by atoms with Crippen molar-refractivity contribution in [3.05, 3.63) is 0 Å². The van der Waals surface area contributed by atoms with Crippen LogP contribution in [0, 0.1) is 0 Å². The van der Waals surface area contributed by atoms with Gasteiger partial charge in [-0.05, 0) is 27.7 Å². The van der Waals surface area contributed by atoms with Crippen LogP contribution in [-0.2, 0) is 9.53 Å². The van der Waals surface area contributed by atoms with Crippen molar-refractivity contribution in [1.29, 1.82) is 0 Å². The van der Waals surface area contributed by atoms with E-state index in [4.69, 9.17) is 9.84 Å². The van der Waals surface area contributed by atoms with Crippen LogP contribution in [0.3, 0.4) is 0 Å². The van der Waals surface area contributed by atoms with E-state index >= 15 is 0 Å². The molecule has 0 radical (unpaired) electrons. The van der Waals surface area contributed by atoms with E-state index in [1.807, 2.05) is 0 Å². The molecular formula is C10H18FNO4. The van der Waals surface area contributed by atoms with E-state index in [9.17, 15) is 14.0 Å². The van der Waals surface area contributed by atoms with E-state index < -0.39 is 29.9 Å². The number of likely N-dealkylation sites (N-methyl/N-ethyl adjacent to an activating group) is 1. The van der Waals surface area contributed by atoms with Crippen LogP contribution < -0.4 is 0 Å². The maximum absolute atomic E-state index is 13.0. The highest BCUT2D eigenvalue weighted by Crippen LogP contribution is 2.13. The van der Waals surface area contributed by atoms with Gasteiger partial charge < -0.3 is 9.84 Å².